The minimum absolute atomic E-state index is 0.252. The van der Waals surface area contributed by atoms with Crippen molar-refractivity contribution >= 4 is 35.3 Å². The Balaban J connectivity index is 1.54. The first-order valence-corrected chi connectivity index (χ1v) is 12.0. The van der Waals surface area contributed by atoms with Crippen LogP contribution in [0.1, 0.15) is 44.7 Å². The summed E-state index contributed by atoms with van der Waals surface area (Å²) in [6, 6.07) is 15.0. The Labute approximate surface area is 193 Å². The van der Waals surface area contributed by atoms with Crippen molar-refractivity contribution in [3.8, 4) is 0 Å². The van der Waals surface area contributed by atoms with Crippen molar-refractivity contribution in [2.45, 2.75) is 55.7 Å². The van der Waals surface area contributed by atoms with Gasteiger partial charge < -0.3 is 10.2 Å². The lowest BCUT2D eigenvalue weighted by molar-refractivity contribution is -0.134. The molecule has 0 aliphatic carbocycles. The van der Waals surface area contributed by atoms with Gasteiger partial charge in [-0.1, -0.05) is 56.7 Å². The molecular formula is C25H29N3O3S. The van der Waals surface area contributed by atoms with E-state index in [9.17, 15) is 14.4 Å². The Kier molecular flexibility index (Phi) is 6.29. The number of nitrogens with one attached hydrogen (secondary N) is 1. The van der Waals surface area contributed by atoms with Crippen molar-refractivity contribution in [1.82, 2.24) is 10.2 Å². The van der Waals surface area contributed by atoms with Gasteiger partial charge in [-0.3, -0.25) is 14.5 Å². The maximum Gasteiger partial charge on any atom is 0.325 e. The number of urea groups is 1. The number of aryl methyl sites for hydroxylation is 1. The van der Waals surface area contributed by atoms with Crippen LogP contribution in [0.15, 0.2) is 53.4 Å². The molecule has 2 aromatic rings. The van der Waals surface area contributed by atoms with Gasteiger partial charge in [-0.15, -0.1) is 11.8 Å². The molecule has 0 saturated carbocycles. The Morgan fingerprint density at radius 1 is 1.16 bits per heavy atom. The SMILES string of the molecule is CCCc1ccc(C2(C)NC(=O)N(CC(=O)N3CCC(C)Sc4ccccc43)C2=O)cc1. The van der Waals surface area contributed by atoms with Gasteiger partial charge in [0.15, 0.2) is 0 Å². The lowest BCUT2D eigenvalue weighted by Crippen LogP contribution is -2.45. The number of benzene rings is 2. The zero-order valence-electron chi connectivity index (χ0n) is 18.8. The fourth-order valence-electron chi connectivity index (χ4n) is 4.30. The largest absolute Gasteiger partial charge is 0.325 e. The fraction of sp³-hybridized carbons (Fsp3) is 0.400. The molecule has 1 fully saturated rings. The molecule has 2 aliphatic heterocycles. The molecule has 7 heteroatoms. The summed E-state index contributed by atoms with van der Waals surface area (Å²) in [5, 5.41) is 3.19. The van der Waals surface area contributed by atoms with Crippen LogP contribution in [0.2, 0.25) is 0 Å². The lowest BCUT2D eigenvalue weighted by atomic mass is 9.91. The fourth-order valence-corrected chi connectivity index (χ4v) is 5.41. The summed E-state index contributed by atoms with van der Waals surface area (Å²) in [6.45, 7) is 6.24. The second kappa shape index (κ2) is 8.98. The summed E-state index contributed by atoms with van der Waals surface area (Å²) >= 11 is 1.75. The third-order valence-corrected chi connectivity index (χ3v) is 7.42. The van der Waals surface area contributed by atoms with Crippen molar-refractivity contribution in [3.63, 3.8) is 0 Å². The zero-order valence-corrected chi connectivity index (χ0v) is 19.6. The highest BCUT2D eigenvalue weighted by Crippen LogP contribution is 2.37. The molecule has 0 spiro atoms. The third-order valence-electron chi connectivity index (χ3n) is 6.18. The van der Waals surface area contributed by atoms with E-state index in [4.69, 9.17) is 0 Å². The number of imide groups is 1. The molecule has 4 amide bonds. The van der Waals surface area contributed by atoms with Crippen LogP contribution < -0.4 is 10.2 Å². The molecule has 4 rings (SSSR count). The average Bonchev–Trinajstić information content (AvgIpc) is 2.90. The van der Waals surface area contributed by atoms with Gasteiger partial charge in [0, 0.05) is 16.7 Å². The van der Waals surface area contributed by atoms with E-state index in [2.05, 4.69) is 19.2 Å². The first kappa shape index (κ1) is 22.4. The third kappa shape index (κ3) is 4.13. The van der Waals surface area contributed by atoms with Crippen LogP contribution in [0, 0.1) is 0 Å². The van der Waals surface area contributed by atoms with Crippen LogP contribution >= 0.6 is 11.8 Å². The van der Waals surface area contributed by atoms with Crippen LogP contribution in [-0.2, 0) is 21.5 Å². The standard InChI is InChI=1S/C25H29N3O3S/c1-4-7-18-10-12-19(13-11-18)25(3)23(30)28(24(31)26-25)16-22(29)27-15-14-17(2)32-21-9-6-5-8-20(21)27/h5-6,8-13,17H,4,7,14-16H2,1-3H3,(H,26,31). The maximum atomic E-state index is 13.3. The monoisotopic (exact) mass is 451 g/mol. The number of fused-ring (bicyclic) bond motifs is 1. The zero-order chi connectivity index (χ0) is 22.9. The van der Waals surface area contributed by atoms with E-state index in [-0.39, 0.29) is 12.5 Å². The molecule has 1 N–H and O–H groups in total. The number of nitrogens with zero attached hydrogens (tertiary/aromatic N) is 2. The van der Waals surface area contributed by atoms with Gasteiger partial charge in [0.25, 0.3) is 5.91 Å². The molecule has 2 heterocycles. The molecule has 2 unspecified atom stereocenters. The van der Waals surface area contributed by atoms with E-state index in [0.29, 0.717) is 11.8 Å². The van der Waals surface area contributed by atoms with Crippen molar-refractivity contribution in [2.75, 3.05) is 18.0 Å². The highest BCUT2D eigenvalue weighted by Gasteiger charge is 2.49. The number of para-hydroxylation sites is 1. The highest BCUT2D eigenvalue weighted by molar-refractivity contribution is 8.00. The van der Waals surface area contributed by atoms with Gasteiger partial charge in [0.05, 0.1) is 5.69 Å². The van der Waals surface area contributed by atoms with E-state index in [0.717, 1.165) is 40.3 Å². The van der Waals surface area contributed by atoms with E-state index < -0.39 is 17.5 Å². The number of carbonyl (C=O) groups excluding carboxylic acids is 3. The lowest BCUT2D eigenvalue weighted by Gasteiger charge is -2.25. The molecule has 2 aliphatic rings. The normalized spacial score (nSPS) is 23.0. The second-order valence-electron chi connectivity index (χ2n) is 8.62. The van der Waals surface area contributed by atoms with Gasteiger partial charge in [-0.25, -0.2) is 4.79 Å². The highest BCUT2D eigenvalue weighted by atomic mass is 32.2. The summed E-state index contributed by atoms with van der Waals surface area (Å²) in [6.07, 6.45) is 2.85. The second-order valence-corrected chi connectivity index (χ2v) is 10.1. The molecular weight excluding hydrogens is 422 g/mol. The van der Waals surface area contributed by atoms with Gasteiger partial charge in [-0.2, -0.15) is 0 Å². The Morgan fingerprint density at radius 2 is 1.88 bits per heavy atom. The molecule has 6 nitrogen and oxygen atoms in total. The predicted octanol–water partition coefficient (Wildman–Crippen LogP) is 4.32. The molecule has 1 saturated heterocycles. The van der Waals surface area contributed by atoms with E-state index in [1.54, 1.807) is 23.6 Å². The minimum Gasteiger partial charge on any atom is -0.319 e. The molecule has 0 bridgehead atoms. The summed E-state index contributed by atoms with van der Waals surface area (Å²) in [5.74, 6) is -0.650. The van der Waals surface area contributed by atoms with Crippen molar-refractivity contribution < 1.29 is 14.4 Å². The Morgan fingerprint density at radius 3 is 2.59 bits per heavy atom. The number of anilines is 1. The van der Waals surface area contributed by atoms with Crippen molar-refractivity contribution in [1.29, 1.82) is 0 Å². The molecule has 0 aromatic heterocycles. The van der Waals surface area contributed by atoms with Crippen LogP contribution in [-0.4, -0.2) is 41.1 Å². The molecule has 2 aromatic carbocycles. The predicted molar refractivity (Wildman–Crippen MR) is 127 cm³/mol. The Bertz CT molecular complexity index is 1040. The minimum atomic E-state index is -1.18. The first-order chi connectivity index (χ1) is 15.3. The van der Waals surface area contributed by atoms with Crippen LogP contribution in [0.5, 0.6) is 0 Å². The number of hydrogen-bond donors (Lipinski definition) is 1. The van der Waals surface area contributed by atoms with Gasteiger partial charge >= 0.3 is 6.03 Å². The topological polar surface area (TPSA) is 69.7 Å². The van der Waals surface area contributed by atoms with Crippen molar-refractivity contribution in [3.05, 3.63) is 59.7 Å². The Hall–Kier alpha value is -2.80. The number of rotatable bonds is 5. The molecule has 168 valence electrons. The van der Waals surface area contributed by atoms with Gasteiger partial charge in [0.2, 0.25) is 5.91 Å². The summed E-state index contributed by atoms with van der Waals surface area (Å²) < 4.78 is 0. The van der Waals surface area contributed by atoms with Gasteiger partial charge in [0.1, 0.15) is 12.1 Å². The van der Waals surface area contributed by atoms with Gasteiger partial charge in [-0.05, 0) is 43.0 Å². The number of thioether (sulfide) groups is 1. The quantitative estimate of drug-likeness (QED) is 0.688. The van der Waals surface area contributed by atoms with Crippen LogP contribution in [0.3, 0.4) is 0 Å². The number of amides is 4. The van der Waals surface area contributed by atoms with E-state index in [1.807, 2.05) is 48.5 Å². The summed E-state index contributed by atoms with van der Waals surface area (Å²) in [5.41, 5.74) is 1.57. The van der Waals surface area contributed by atoms with Crippen LogP contribution in [0.25, 0.3) is 0 Å². The van der Waals surface area contributed by atoms with Crippen LogP contribution in [0.4, 0.5) is 10.5 Å². The summed E-state index contributed by atoms with van der Waals surface area (Å²) in [4.78, 5) is 43.1. The maximum absolute atomic E-state index is 13.3. The van der Waals surface area contributed by atoms with E-state index in [1.165, 1.54) is 5.56 Å². The smallest absolute Gasteiger partial charge is 0.319 e. The summed E-state index contributed by atoms with van der Waals surface area (Å²) in [7, 11) is 0. The molecule has 0 radical (unpaired) electrons. The molecule has 2 atom stereocenters. The molecule has 32 heavy (non-hydrogen) atoms. The first-order valence-electron chi connectivity index (χ1n) is 11.1. The van der Waals surface area contributed by atoms with E-state index >= 15 is 0 Å². The number of hydrogen-bond acceptors (Lipinski definition) is 4. The number of carbonyl (C=O) groups is 3. The van der Waals surface area contributed by atoms with Crippen molar-refractivity contribution in [2.24, 2.45) is 0 Å². The average molecular weight is 452 g/mol.